The number of nitrogens with one attached hydrogen (secondary N) is 1. The number of quaternary nitrogens is 1. The summed E-state index contributed by atoms with van der Waals surface area (Å²) in [4.78, 5) is 11.7. The lowest BCUT2D eigenvalue weighted by molar-refractivity contribution is -0.751. The van der Waals surface area contributed by atoms with Gasteiger partial charge in [-0.1, -0.05) is 24.3 Å². The number of hydrogen-bond donors (Lipinski definition) is 2. The van der Waals surface area contributed by atoms with Crippen LogP contribution >= 0.6 is 0 Å². The fourth-order valence-electron chi connectivity index (χ4n) is 1.73. The Labute approximate surface area is 87.6 Å². The molecule has 15 heavy (non-hydrogen) atoms. The van der Waals surface area contributed by atoms with Crippen LogP contribution in [-0.4, -0.2) is 18.9 Å². The van der Waals surface area contributed by atoms with Crippen LogP contribution < -0.4 is 10.8 Å². The van der Waals surface area contributed by atoms with E-state index in [1.807, 2.05) is 0 Å². The predicted molar refractivity (Wildman–Crippen MR) is 57.7 cm³/mol. The molecular weight excluding hydrogens is 192 g/mol. The number of fused-ring (bicyclic) bond motifs is 1. The molecule has 2 unspecified atom stereocenters. The number of hydrogen-bond acceptors (Lipinski definition) is 3. The quantitative estimate of drug-likeness (QED) is 0.626. The molecule has 78 valence electrons. The van der Waals surface area contributed by atoms with E-state index in [4.69, 9.17) is 5.73 Å². The second-order valence-electron chi connectivity index (χ2n) is 3.57. The van der Waals surface area contributed by atoms with E-state index in [0.29, 0.717) is 16.8 Å². The van der Waals surface area contributed by atoms with Gasteiger partial charge in [0, 0.05) is 17.2 Å². The van der Waals surface area contributed by atoms with Gasteiger partial charge in [0.2, 0.25) is 0 Å². The first-order chi connectivity index (χ1) is 7.11. The summed E-state index contributed by atoms with van der Waals surface area (Å²) in [6, 6.07) is 4.54. The summed E-state index contributed by atoms with van der Waals surface area (Å²) in [5.41, 5.74) is 7.40. The molecule has 1 aromatic carbocycles. The van der Waals surface area contributed by atoms with Crippen LogP contribution in [0.4, 0.5) is 5.69 Å². The number of Topliss-reactive ketones (excluding diaryl/α,β-unsaturated/α-hetero) is 1. The summed E-state index contributed by atoms with van der Waals surface area (Å²) in [5.74, 6) is -0.129. The predicted octanol–water partition coefficient (Wildman–Crippen LogP) is -0.133. The molecule has 1 aromatic rings. The third-order valence-electron chi connectivity index (χ3n) is 2.52. The van der Waals surface area contributed by atoms with Gasteiger partial charge in [0.05, 0.1) is 13.1 Å². The molecule has 0 saturated carbocycles. The maximum atomic E-state index is 11.7. The highest BCUT2D eigenvalue weighted by molar-refractivity contribution is 6.07. The van der Waals surface area contributed by atoms with Crippen molar-refractivity contribution in [3.8, 4) is 0 Å². The lowest BCUT2D eigenvalue weighted by atomic mass is 9.92. The third-order valence-corrected chi connectivity index (χ3v) is 2.52. The topological polar surface area (TPSA) is 70.6 Å². The molecule has 0 spiro atoms. The summed E-state index contributed by atoms with van der Waals surface area (Å²) in [6.45, 7) is 0. The minimum absolute atomic E-state index is 0.0419. The van der Waals surface area contributed by atoms with Crippen molar-refractivity contribution in [3.63, 3.8) is 0 Å². The molecule has 0 aromatic heterocycles. The number of rotatable bonds is 1. The van der Waals surface area contributed by atoms with Crippen molar-refractivity contribution < 1.29 is 9.86 Å². The number of hydroxylamine groups is 1. The van der Waals surface area contributed by atoms with E-state index in [2.05, 4.69) is 0 Å². The van der Waals surface area contributed by atoms with Gasteiger partial charge in [-0.2, -0.15) is 0 Å². The Morgan fingerprint density at radius 1 is 1.47 bits per heavy atom. The summed E-state index contributed by atoms with van der Waals surface area (Å²) in [6.07, 6.45) is 3.37. The van der Waals surface area contributed by atoms with Gasteiger partial charge < -0.3 is 16.0 Å². The first kappa shape index (κ1) is 10.0. The van der Waals surface area contributed by atoms with Gasteiger partial charge in [0.25, 0.3) is 0 Å². The van der Waals surface area contributed by atoms with E-state index in [1.165, 1.54) is 7.05 Å². The van der Waals surface area contributed by atoms with Crippen molar-refractivity contribution in [2.75, 3.05) is 7.05 Å². The molecule has 0 amide bonds. The summed E-state index contributed by atoms with van der Waals surface area (Å²) >= 11 is 0. The van der Waals surface area contributed by atoms with Crippen molar-refractivity contribution in [3.05, 3.63) is 40.6 Å². The Kier molecular flexibility index (Phi) is 2.40. The zero-order chi connectivity index (χ0) is 11.0. The van der Waals surface area contributed by atoms with Crippen LogP contribution in [0.5, 0.6) is 0 Å². The minimum atomic E-state index is -0.584. The smallest absolute Gasteiger partial charge is 0.184 e. The van der Waals surface area contributed by atoms with Crippen molar-refractivity contribution in [2.24, 2.45) is 5.73 Å². The molecule has 1 aliphatic rings. The van der Waals surface area contributed by atoms with Gasteiger partial charge >= 0.3 is 0 Å². The highest BCUT2D eigenvalue weighted by Crippen LogP contribution is 2.23. The SMILES string of the molecule is C[NH+]([O-])c1cccc2c1C=CC(N)C2=O. The van der Waals surface area contributed by atoms with Crippen LogP contribution in [0, 0.1) is 5.21 Å². The van der Waals surface area contributed by atoms with Crippen molar-refractivity contribution in [2.45, 2.75) is 6.04 Å². The Bertz CT molecular complexity index is 438. The molecule has 0 radical (unpaired) electrons. The van der Waals surface area contributed by atoms with Gasteiger partial charge in [0.1, 0.15) is 5.69 Å². The standard InChI is InChI=1S/C11H12N2O2/c1-13(15)10-4-2-3-8-7(10)5-6-9(12)11(8)14/h2-6,9,13H,12H2,1H3. The van der Waals surface area contributed by atoms with Crippen LogP contribution in [0.15, 0.2) is 24.3 Å². The molecule has 4 heteroatoms. The first-order valence-electron chi connectivity index (χ1n) is 4.73. The normalized spacial score (nSPS) is 21.3. The number of ketones is 1. The summed E-state index contributed by atoms with van der Waals surface area (Å²) in [7, 11) is 1.49. The van der Waals surface area contributed by atoms with Crippen LogP contribution in [0.25, 0.3) is 6.08 Å². The zero-order valence-corrected chi connectivity index (χ0v) is 8.36. The molecule has 0 heterocycles. The summed E-state index contributed by atoms with van der Waals surface area (Å²) in [5, 5.41) is 11.3. The molecular formula is C11H12N2O2. The van der Waals surface area contributed by atoms with Crippen LogP contribution in [0.2, 0.25) is 0 Å². The van der Waals surface area contributed by atoms with Gasteiger partial charge in [-0.15, -0.1) is 0 Å². The third kappa shape index (κ3) is 1.59. The number of carbonyl (C=O) groups is 1. The molecule has 0 aliphatic heterocycles. The van der Waals surface area contributed by atoms with Gasteiger partial charge in [-0.25, -0.2) is 0 Å². The molecule has 1 aliphatic carbocycles. The Balaban J connectivity index is 2.61. The molecule has 0 fully saturated rings. The minimum Gasteiger partial charge on any atom is -0.629 e. The van der Waals surface area contributed by atoms with Crippen LogP contribution in [0.3, 0.4) is 0 Å². The largest absolute Gasteiger partial charge is 0.629 e. The monoisotopic (exact) mass is 204 g/mol. The lowest BCUT2D eigenvalue weighted by Crippen LogP contribution is -2.98. The van der Waals surface area contributed by atoms with E-state index in [1.54, 1.807) is 30.4 Å². The molecule has 4 nitrogen and oxygen atoms in total. The maximum absolute atomic E-state index is 11.7. The van der Waals surface area contributed by atoms with Gasteiger partial charge in [0.15, 0.2) is 5.78 Å². The Morgan fingerprint density at radius 3 is 2.87 bits per heavy atom. The number of benzene rings is 1. The number of nitrogens with two attached hydrogens (primary N) is 1. The fraction of sp³-hybridized carbons (Fsp3) is 0.182. The lowest BCUT2D eigenvalue weighted by Gasteiger charge is -2.22. The van der Waals surface area contributed by atoms with E-state index >= 15 is 0 Å². The fourth-order valence-corrected chi connectivity index (χ4v) is 1.73. The average molecular weight is 204 g/mol. The van der Waals surface area contributed by atoms with E-state index in [0.717, 1.165) is 0 Å². The maximum Gasteiger partial charge on any atom is 0.184 e. The Hall–Kier alpha value is -1.49. The summed E-state index contributed by atoms with van der Waals surface area (Å²) < 4.78 is 0. The van der Waals surface area contributed by atoms with Crippen molar-refractivity contribution in [1.82, 2.24) is 0 Å². The second kappa shape index (κ2) is 3.58. The number of carbonyl (C=O) groups excluding carboxylic acids is 1. The molecule has 2 rings (SSSR count). The second-order valence-corrected chi connectivity index (χ2v) is 3.57. The van der Waals surface area contributed by atoms with Crippen molar-refractivity contribution >= 4 is 17.5 Å². The Morgan fingerprint density at radius 2 is 2.20 bits per heavy atom. The highest BCUT2D eigenvalue weighted by Gasteiger charge is 2.23. The van der Waals surface area contributed by atoms with E-state index < -0.39 is 6.04 Å². The van der Waals surface area contributed by atoms with Crippen LogP contribution in [0.1, 0.15) is 15.9 Å². The first-order valence-corrected chi connectivity index (χ1v) is 4.73. The molecule has 2 atom stereocenters. The highest BCUT2D eigenvalue weighted by atomic mass is 16.5. The van der Waals surface area contributed by atoms with Crippen molar-refractivity contribution in [1.29, 1.82) is 0 Å². The van der Waals surface area contributed by atoms with Gasteiger partial charge in [-0.05, 0) is 0 Å². The molecule has 0 saturated heterocycles. The van der Waals surface area contributed by atoms with Crippen LogP contribution in [-0.2, 0) is 0 Å². The average Bonchev–Trinajstić information content (AvgIpc) is 2.23. The zero-order valence-electron chi connectivity index (χ0n) is 8.36. The molecule has 3 N–H and O–H groups in total. The van der Waals surface area contributed by atoms with Gasteiger partial charge in [-0.3, -0.25) is 4.79 Å². The van der Waals surface area contributed by atoms with E-state index in [9.17, 15) is 10.0 Å². The van der Waals surface area contributed by atoms with E-state index in [-0.39, 0.29) is 10.8 Å². The molecule has 0 bridgehead atoms.